The fourth-order valence-electron chi connectivity index (χ4n) is 1.61. The highest BCUT2D eigenvalue weighted by molar-refractivity contribution is 9.10. The summed E-state index contributed by atoms with van der Waals surface area (Å²) in [6, 6.07) is 3.42. The molecular formula is C12H13BrN4O. The fourth-order valence-corrected chi connectivity index (χ4v) is 2.05. The van der Waals surface area contributed by atoms with Crippen LogP contribution in [0.25, 0.3) is 0 Å². The molecule has 6 heteroatoms. The van der Waals surface area contributed by atoms with Gasteiger partial charge in [0.2, 0.25) is 0 Å². The third-order valence-electron chi connectivity index (χ3n) is 2.54. The Morgan fingerprint density at radius 2 is 2.33 bits per heavy atom. The van der Waals surface area contributed by atoms with E-state index in [2.05, 4.69) is 36.2 Å². The maximum atomic E-state index is 12.1. The van der Waals surface area contributed by atoms with Crippen molar-refractivity contribution >= 4 is 21.8 Å². The van der Waals surface area contributed by atoms with Crippen molar-refractivity contribution in [3.63, 3.8) is 0 Å². The lowest BCUT2D eigenvalue weighted by atomic mass is 10.2. The van der Waals surface area contributed by atoms with Crippen molar-refractivity contribution in [2.45, 2.75) is 19.4 Å². The molecule has 0 spiro atoms. The third kappa shape index (κ3) is 2.76. The predicted molar refractivity (Wildman–Crippen MR) is 71.0 cm³/mol. The lowest BCUT2D eigenvalue weighted by molar-refractivity contribution is 0.0928. The number of pyridine rings is 1. The summed E-state index contributed by atoms with van der Waals surface area (Å²) >= 11 is 3.31. The van der Waals surface area contributed by atoms with Gasteiger partial charge in [0, 0.05) is 23.1 Å². The summed E-state index contributed by atoms with van der Waals surface area (Å²) < 4.78 is 0.678. The molecule has 1 unspecified atom stereocenters. The molecule has 0 aromatic carbocycles. The van der Waals surface area contributed by atoms with Crippen LogP contribution in [0.3, 0.4) is 0 Å². The van der Waals surface area contributed by atoms with Crippen molar-refractivity contribution in [2.75, 3.05) is 0 Å². The van der Waals surface area contributed by atoms with Crippen molar-refractivity contribution in [3.05, 3.63) is 46.7 Å². The fraction of sp³-hybridized carbons (Fsp3) is 0.250. The van der Waals surface area contributed by atoms with Crippen LogP contribution in [0.4, 0.5) is 0 Å². The minimum atomic E-state index is -0.217. The van der Waals surface area contributed by atoms with Gasteiger partial charge in [0.15, 0.2) is 0 Å². The number of carbonyl (C=O) groups excluding carboxylic acids is 1. The van der Waals surface area contributed by atoms with E-state index in [0.29, 0.717) is 10.2 Å². The van der Waals surface area contributed by atoms with E-state index in [9.17, 15) is 4.79 Å². The van der Waals surface area contributed by atoms with Gasteiger partial charge >= 0.3 is 0 Å². The highest BCUT2D eigenvalue weighted by atomic mass is 79.9. The van der Waals surface area contributed by atoms with Crippen LogP contribution >= 0.6 is 15.9 Å². The zero-order chi connectivity index (χ0) is 13.0. The number of nitrogens with one attached hydrogen (secondary N) is 2. The second kappa shape index (κ2) is 5.77. The van der Waals surface area contributed by atoms with Crippen LogP contribution in [-0.4, -0.2) is 20.9 Å². The summed E-state index contributed by atoms with van der Waals surface area (Å²) in [5.74, 6) is 0.531. The zero-order valence-corrected chi connectivity index (χ0v) is 11.4. The number of halogens is 1. The first-order chi connectivity index (χ1) is 8.72. The van der Waals surface area contributed by atoms with Gasteiger partial charge in [-0.1, -0.05) is 6.92 Å². The Labute approximate surface area is 113 Å². The summed E-state index contributed by atoms with van der Waals surface area (Å²) in [4.78, 5) is 23.3. The molecule has 94 valence electrons. The molecule has 2 rings (SSSR count). The third-order valence-corrected chi connectivity index (χ3v) is 3.18. The summed E-state index contributed by atoms with van der Waals surface area (Å²) in [5, 5.41) is 2.90. The highest BCUT2D eigenvalue weighted by Gasteiger charge is 2.18. The number of amides is 1. The van der Waals surface area contributed by atoms with Gasteiger partial charge in [-0.15, -0.1) is 0 Å². The first-order valence-electron chi connectivity index (χ1n) is 5.63. The van der Waals surface area contributed by atoms with Crippen molar-refractivity contribution < 1.29 is 4.79 Å². The molecule has 2 aromatic heterocycles. The minimum absolute atomic E-state index is 0.138. The molecule has 1 atom stereocenters. The first kappa shape index (κ1) is 12.8. The smallest absolute Gasteiger partial charge is 0.271 e. The number of aromatic amines is 1. The van der Waals surface area contributed by atoms with E-state index >= 15 is 0 Å². The lowest BCUT2D eigenvalue weighted by Gasteiger charge is -2.14. The van der Waals surface area contributed by atoms with Crippen LogP contribution in [0.2, 0.25) is 0 Å². The molecule has 0 radical (unpaired) electrons. The molecule has 18 heavy (non-hydrogen) atoms. The predicted octanol–water partition coefficient (Wildman–Crippen LogP) is 2.45. The summed E-state index contributed by atoms with van der Waals surface area (Å²) in [7, 11) is 0. The molecule has 1 amide bonds. The first-order valence-corrected chi connectivity index (χ1v) is 6.42. The van der Waals surface area contributed by atoms with Crippen molar-refractivity contribution in [2.24, 2.45) is 0 Å². The van der Waals surface area contributed by atoms with E-state index in [1.54, 1.807) is 30.7 Å². The number of carbonyl (C=O) groups is 1. The molecule has 0 bridgehead atoms. The molecule has 2 heterocycles. The van der Waals surface area contributed by atoms with Gasteiger partial charge < -0.3 is 10.3 Å². The van der Waals surface area contributed by atoms with Crippen LogP contribution in [-0.2, 0) is 0 Å². The van der Waals surface area contributed by atoms with E-state index in [1.807, 2.05) is 6.92 Å². The van der Waals surface area contributed by atoms with Gasteiger partial charge in [-0.3, -0.25) is 4.79 Å². The normalized spacial score (nSPS) is 12.1. The molecule has 0 fully saturated rings. The molecule has 0 aliphatic heterocycles. The number of rotatable bonds is 4. The van der Waals surface area contributed by atoms with Crippen LogP contribution in [0, 0.1) is 0 Å². The minimum Gasteiger partial charge on any atom is -0.347 e. The molecular weight excluding hydrogens is 296 g/mol. The van der Waals surface area contributed by atoms with Gasteiger partial charge in [-0.25, -0.2) is 9.97 Å². The Balaban J connectivity index is 2.14. The number of hydrogen-bond donors (Lipinski definition) is 2. The summed E-state index contributed by atoms with van der Waals surface area (Å²) in [6.07, 6.45) is 5.75. The van der Waals surface area contributed by atoms with Crippen LogP contribution in [0.5, 0.6) is 0 Å². The maximum Gasteiger partial charge on any atom is 0.271 e. The van der Waals surface area contributed by atoms with Crippen LogP contribution in [0.1, 0.15) is 35.7 Å². The van der Waals surface area contributed by atoms with E-state index in [-0.39, 0.29) is 11.9 Å². The molecule has 0 saturated heterocycles. The van der Waals surface area contributed by atoms with Crippen LogP contribution < -0.4 is 5.32 Å². The van der Waals surface area contributed by atoms with E-state index in [0.717, 1.165) is 12.2 Å². The number of hydrogen-bond acceptors (Lipinski definition) is 3. The van der Waals surface area contributed by atoms with Crippen molar-refractivity contribution in [3.8, 4) is 0 Å². The quantitative estimate of drug-likeness (QED) is 0.911. The highest BCUT2D eigenvalue weighted by Crippen LogP contribution is 2.16. The second-order valence-electron chi connectivity index (χ2n) is 3.74. The second-order valence-corrected chi connectivity index (χ2v) is 4.60. The molecule has 0 aliphatic rings. The van der Waals surface area contributed by atoms with Gasteiger partial charge in [-0.2, -0.15) is 0 Å². The maximum absolute atomic E-state index is 12.1. The van der Waals surface area contributed by atoms with Crippen molar-refractivity contribution in [1.29, 1.82) is 0 Å². The molecule has 0 saturated carbocycles. The van der Waals surface area contributed by atoms with E-state index < -0.39 is 0 Å². The SMILES string of the molecule is CCC(NC(=O)c1ncccc1Br)c1ncc[nH]1. The number of nitrogens with zero attached hydrogens (tertiary/aromatic N) is 2. The van der Waals surface area contributed by atoms with E-state index in [4.69, 9.17) is 0 Å². The Kier molecular flexibility index (Phi) is 4.09. The Hall–Kier alpha value is -1.69. The lowest BCUT2D eigenvalue weighted by Crippen LogP contribution is -2.29. The Morgan fingerprint density at radius 1 is 1.50 bits per heavy atom. The van der Waals surface area contributed by atoms with Gasteiger partial charge in [0.25, 0.3) is 5.91 Å². The van der Waals surface area contributed by atoms with Gasteiger partial charge in [0.05, 0.1) is 6.04 Å². The molecule has 0 aliphatic carbocycles. The van der Waals surface area contributed by atoms with Gasteiger partial charge in [0.1, 0.15) is 11.5 Å². The summed E-state index contributed by atoms with van der Waals surface area (Å²) in [5.41, 5.74) is 0.377. The average molecular weight is 309 g/mol. The topological polar surface area (TPSA) is 70.7 Å². The number of imidazole rings is 1. The molecule has 5 nitrogen and oxygen atoms in total. The van der Waals surface area contributed by atoms with Crippen molar-refractivity contribution in [1.82, 2.24) is 20.3 Å². The number of H-pyrrole nitrogens is 1. The molecule has 2 aromatic rings. The van der Waals surface area contributed by atoms with Gasteiger partial charge in [-0.05, 0) is 34.5 Å². The Morgan fingerprint density at radius 3 is 2.94 bits per heavy atom. The average Bonchev–Trinajstić information content (AvgIpc) is 2.90. The van der Waals surface area contributed by atoms with E-state index in [1.165, 1.54) is 0 Å². The Bertz CT molecular complexity index is 527. The zero-order valence-electron chi connectivity index (χ0n) is 9.85. The summed E-state index contributed by atoms with van der Waals surface area (Å²) in [6.45, 7) is 1.99. The van der Waals surface area contributed by atoms with Crippen LogP contribution in [0.15, 0.2) is 35.2 Å². The monoisotopic (exact) mass is 308 g/mol. The molecule has 2 N–H and O–H groups in total. The standard InChI is InChI=1S/C12H13BrN4O/c1-2-9(11-15-6-7-16-11)17-12(18)10-8(13)4-3-5-14-10/h3-7,9H,2H2,1H3,(H,15,16)(H,17,18). The largest absolute Gasteiger partial charge is 0.347 e. The number of aromatic nitrogens is 3.